The van der Waals surface area contributed by atoms with E-state index in [0.717, 1.165) is 25.0 Å². The molecule has 116 valence electrons. The molecule has 0 spiro atoms. The van der Waals surface area contributed by atoms with Gasteiger partial charge in [-0.25, -0.2) is 0 Å². The van der Waals surface area contributed by atoms with E-state index in [1.54, 1.807) is 7.05 Å². The van der Waals surface area contributed by atoms with Gasteiger partial charge in [-0.1, -0.05) is 18.2 Å². The number of ether oxygens (including phenoxy) is 2. The maximum absolute atomic E-state index is 11.6. The van der Waals surface area contributed by atoms with Gasteiger partial charge in [-0.15, -0.1) is 0 Å². The fourth-order valence-corrected chi connectivity index (χ4v) is 2.83. The lowest BCUT2D eigenvalue weighted by molar-refractivity contribution is -0.128. The molecule has 1 fully saturated rings. The second-order valence-electron chi connectivity index (χ2n) is 5.45. The second-order valence-corrected chi connectivity index (χ2v) is 5.45. The summed E-state index contributed by atoms with van der Waals surface area (Å²) in [6, 6.07) is 9.66. The van der Waals surface area contributed by atoms with E-state index in [9.17, 15) is 4.79 Å². The van der Waals surface area contributed by atoms with Crippen molar-refractivity contribution in [1.29, 1.82) is 0 Å². The number of nitrogens with two attached hydrogens (primary N) is 1. The number of carbonyl (C=O) groups excluding carboxylic acids is 1. The summed E-state index contributed by atoms with van der Waals surface area (Å²) >= 11 is 0. The van der Waals surface area contributed by atoms with Crippen molar-refractivity contribution in [2.45, 2.75) is 37.3 Å². The lowest BCUT2D eigenvalue weighted by Gasteiger charge is -2.38. The lowest BCUT2D eigenvalue weighted by atomic mass is 9.79. The molecule has 2 rings (SSSR count). The average Bonchev–Trinajstić information content (AvgIpc) is 2.52. The summed E-state index contributed by atoms with van der Waals surface area (Å²) in [5, 5.41) is 3.08. The molecule has 1 aromatic carbocycles. The molecule has 2 unspecified atom stereocenters. The molecule has 0 saturated heterocycles. The van der Waals surface area contributed by atoms with Gasteiger partial charge in [-0.05, 0) is 38.4 Å². The zero-order valence-corrected chi connectivity index (χ0v) is 12.5. The summed E-state index contributed by atoms with van der Waals surface area (Å²) in [5.41, 5.74) is 4.90. The van der Waals surface area contributed by atoms with Crippen LogP contribution in [0.1, 0.15) is 25.7 Å². The van der Waals surface area contributed by atoms with Crippen LogP contribution in [0.15, 0.2) is 30.3 Å². The van der Waals surface area contributed by atoms with Crippen LogP contribution >= 0.6 is 0 Å². The van der Waals surface area contributed by atoms with Crippen LogP contribution in [0.2, 0.25) is 0 Å². The maximum Gasteiger partial charge on any atom is 0.237 e. The molecule has 3 N–H and O–H groups in total. The molecule has 1 aromatic rings. The van der Waals surface area contributed by atoms with Gasteiger partial charge in [0.15, 0.2) is 0 Å². The molecule has 2 atom stereocenters. The maximum atomic E-state index is 11.6. The Balaban J connectivity index is 1.74. The molecule has 1 saturated carbocycles. The number of amides is 1. The smallest absolute Gasteiger partial charge is 0.237 e. The van der Waals surface area contributed by atoms with Gasteiger partial charge < -0.3 is 20.5 Å². The number of rotatable bonds is 7. The minimum Gasteiger partial charge on any atom is -0.491 e. The Hall–Kier alpha value is -1.59. The van der Waals surface area contributed by atoms with E-state index in [4.69, 9.17) is 15.2 Å². The normalized spacial score (nSPS) is 25.5. The fraction of sp³-hybridized carbons (Fsp3) is 0.562. The van der Waals surface area contributed by atoms with E-state index in [2.05, 4.69) is 5.32 Å². The summed E-state index contributed by atoms with van der Waals surface area (Å²) in [4.78, 5) is 11.6. The van der Waals surface area contributed by atoms with Crippen molar-refractivity contribution < 1.29 is 14.3 Å². The number of nitrogens with one attached hydrogen (secondary N) is 1. The van der Waals surface area contributed by atoms with Crippen molar-refractivity contribution in [2.75, 3.05) is 20.3 Å². The topological polar surface area (TPSA) is 73.6 Å². The summed E-state index contributed by atoms with van der Waals surface area (Å²) in [6.45, 7) is 1.02. The van der Waals surface area contributed by atoms with Crippen LogP contribution in [-0.4, -0.2) is 37.8 Å². The molecule has 0 heterocycles. The summed E-state index contributed by atoms with van der Waals surface area (Å²) in [5.74, 6) is 0.547. The van der Waals surface area contributed by atoms with Crippen LogP contribution in [0, 0.1) is 0 Å². The van der Waals surface area contributed by atoms with Crippen molar-refractivity contribution in [1.82, 2.24) is 5.32 Å². The van der Waals surface area contributed by atoms with Crippen molar-refractivity contribution in [3.63, 3.8) is 0 Å². The third kappa shape index (κ3) is 4.19. The molecule has 0 aromatic heterocycles. The van der Waals surface area contributed by atoms with Crippen LogP contribution in [0.25, 0.3) is 0 Å². The van der Waals surface area contributed by atoms with Crippen LogP contribution < -0.4 is 15.8 Å². The van der Waals surface area contributed by atoms with Gasteiger partial charge in [-0.3, -0.25) is 4.79 Å². The van der Waals surface area contributed by atoms with E-state index in [1.165, 1.54) is 0 Å². The Labute approximate surface area is 125 Å². The first-order valence-corrected chi connectivity index (χ1v) is 7.44. The first-order chi connectivity index (χ1) is 10.2. The van der Waals surface area contributed by atoms with Gasteiger partial charge in [0.05, 0.1) is 18.2 Å². The van der Waals surface area contributed by atoms with Gasteiger partial charge in [-0.2, -0.15) is 0 Å². The van der Waals surface area contributed by atoms with Gasteiger partial charge in [0.2, 0.25) is 5.91 Å². The first kappa shape index (κ1) is 15.8. The molecule has 5 heteroatoms. The highest BCUT2D eigenvalue weighted by Gasteiger charge is 2.40. The Morgan fingerprint density at radius 3 is 2.81 bits per heavy atom. The Morgan fingerprint density at radius 1 is 1.38 bits per heavy atom. The molecule has 5 nitrogen and oxygen atoms in total. The highest BCUT2D eigenvalue weighted by atomic mass is 16.5. The van der Waals surface area contributed by atoms with Crippen molar-refractivity contribution in [3.8, 4) is 5.75 Å². The van der Waals surface area contributed by atoms with Crippen LogP contribution in [0.4, 0.5) is 0 Å². The SMILES string of the molecule is CNC1(C(N)=O)CCCC(OCCOc2ccccc2)C1. The third-order valence-electron chi connectivity index (χ3n) is 4.10. The van der Waals surface area contributed by atoms with Gasteiger partial charge in [0.1, 0.15) is 12.4 Å². The fourth-order valence-electron chi connectivity index (χ4n) is 2.83. The number of benzene rings is 1. The molecular weight excluding hydrogens is 268 g/mol. The van der Waals surface area contributed by atoms with Gasteiger partial charge in [0, 0.05) is 6.42 Å². The number of primary amides is 1. The highest BCUT2D eigenvalue weighted by molar-refractivity contribution is 5.84. The molecule has 1 aliphatic rings. The highest BCUT2D eigenvalue weighted by Crippen LogP contribution is 2.29. The second kappa shape index (κ2) is 7.43. The van der Waals surface area contributed by atoms with Crippen LogP contribution in [0.5, 0.6) is 5.75 Å². The zero-order valence-electron chi connectivity index (χ0n) is 12.5. The van der Waals surface area contributed by atoms with E-state index in [1.807, 2.05) is 30.3 Å². The van der Waals surface area contributed by atoms with Gasteiger partial charge in [0.25, 0.3) is 0 Å². The Morgan fingerprint density at radius 2 is 2.14 bits per heavy atom. The number of hydrogen-bond donors (Lipinski definition) is 2. The zero-order chi connectivity index (χ0) is 15.1. The van der Waals surface area contributed by atoms with E-state index in [-0.39, 0.29) is 12.0 Å². The Bertz CT molecular complexity index is 452. The minimum absolute atomic E-state index is 0.0538. The summed E-state index contributed by atoms with van der Waals surface area (Å²) in [7, 11) is 1.78. The van der Waals surface area contributed by atoms with Crippen molar-refractivity contribution in [2.24, 2.45) is 5.73 Å². The predicted molar refractivity (Wildman–Crippen MR) is 81.1 cm³/mol. The molecule has 0 aliphatic heterocycles. The molecular formula is C16H24N2O3. The lowest BCUT2D eigenvalue weighted by Crippen LogP contribution is -2.57. The molecule has 1 amide bonds. The number of carbonyl (C=O) groups is 1. The van der Waals surface area contributed by atoms with E-state index in [0.29, 0.717) is 19.6 Å². The van der Waals surface area contributed by atoms with Crippen molar-refractivity contribution in [3.05, 3.63) is 30.3 Å². The molecule has 1 aliphatic carbocycles. The van der Waals surface area contributed by atoms with Crippen LogP contribution in [0.3, 0.4) is 0 Å². The number of para-hydroxylation sites is 1. The quantitative estimate of drug-likeness (QED) is 0.746. The standard InChI is InChI=1S/C16H24N2O3/c1-18-16(15(17)19)9-5-8-14(12-16)21-11-10-20-13-6-3-2-4-7-13/h2-4,6-7,14,18H,5,8-12H2,1H3,(H2,17,19). The third-order valence-corrected chi connectivity index (χ3v) is 4.10. The average molecular weight is 292 g/mol. The van der Waals surface area contributed by atoms with Gasteiger partial charge >= 0.3 is 0 Å². The number of likely N-dealkylation sites (N-methyl/N-ethyl adjacent to an activating group) is 1. The molecule has 21 heavy (non-hydrogen) atoms. The molecule has 0 bridgehead atoms. The predicted octanol–water partition coefficient (Wildman–Crippen LogP) is 1.47. The monoisotopic (exact) mass is 292 g/mol. The number of hydrogen-bond acceptors (Lipinski definition) is 4. The van der Waals surface area contributed by atoms with E-state index >= 15 is 0 Å². The summed E-state index contributed by atoms with van der Waals surface area (Å²) < 4.78 is 11.4. The molecule has 0 radical (unpaired) electrons. The minimum atomic E-state index is -0.622. The van der Waals surface area contributed by atoms with Crippen molar-refractivity contribution >= 4 is 5.91 Å². The largest absolute Gasteiger partial charge is 0.491 e. The van der Waals surface area contributed by atoms with Crippen LogP contribution in [-0.2, 0) is 9.53 Å². The first-order valence-electron chi connectivity index (χ1n) is 7.44. The summed E-state index contributed by atoms with van der Waals surface area (Å²) in [6.07, 6.45) is 3.36. The Kier molecular flexibility index (Phi) is 5.59. The van der Waals surface area contributed by atoms with E-state index < -0.39 is 5.54 Å².